The number of ether oxygens (including phenoxy) is 2. The third-order valence-electron chi connectivity index (χ3n) is 4.19. The van der Waals surface area contributed by atoms with Gasteiger partial charge < -0.3 is 19.7 Å². The minimum Gasteiger partial charge on any atom is -0.490 e. The highest BCUT2D eigenvalue weighted by Crippen LogP contribution is 2.27. The van der Waals surface area contributed by atoms with Crippen LogP contribution in [-0.2, 0) is 17.9 Å². The number of hydrogen-bond donors (Lipinski definition) is 1. The highest BCUT2D eigenvalue weighted by atomic mass is 16.5. The van der Waals surface area contributed by atoms with Crippen LogP contribution in [0.1, 0.15) is 11.1 Å². The van der Waals surface area contributed by atoms with Gasteiger partial charge in [-0.05, 0) is 23.8 Å². The maximum atomic E-state index is 12.1. The Bertz CT molecular complexity index is 746. The molecule has 0 bridgehead atoms. The minimum absolute atomic E-state index is 0.0997. The third-order valence-corrected chi connectivity index (χ3v) is 4.19. The lowest BCUT2D eigenvalue weighted by Gasteiger charge is -2.28. The van der Waals surface area contributed by atoms with Gasteiger partial charge >= 0.3 is 0 Å². The van der Waals surface area contributed by atoms with Crippen molar-refractivity contribution in [3.05, 3.63) is 72.3 Å². The summed E-state index contributed by atoms with van der Waals surface area (Å²) in [6.45, 7) is 6.98. The molecular formula is C21H24N2O3. The van der Waals surface area contributed by atoms with Crippen LogP contribution in [0, 0.1) is 0 Å². The van der Waals surface area contributed by atoms with E-state index in [2.05, 4.69) is 11.9 Å². The van der Waals surface area contributed by atoms with Crippen LogP contribution in [0.15, 0.2) is 61.2 Å². The van der Waals surface area contributed by atoms with E-state index in [0.717, 1.165) is 29.2 Å². The maximum absolute atomic E-state index is 12.1. The summed E-state index contributed by atoms with van der Waals surface area (Å²) < 4.78 is 11.7. The van der Waals surface area contributed by atoms with Crippen molar-refractivity contribution in [1.29, 1.82) is 0 Å². The lowest BCUT2D eigenvalue weighted by Crippen LogP contribution is -2.47. The van der Waals surface area contributed by atoms with Gasteiger partial charge in [0.1, 0.15) is 24.7 Å². The molecule has 1 fully saturated rings. The van der Waals surface area contributed by atoms with Crippen molar-refractivity contribution >= 4 is 5.91 Å². The Morgan fingerprint density at radius 1 is 1.15 bits per heavy atom. The molecule has 26 heavy (non-hydrogen) atoms. The standard InChI is InChI=1S/C21H24N2O3/c1-2-12-25-19-8-9-20(26-16-17-6-4-3-5-7-17)18(13-19)15-23-11-10-22-14-21(23)24/h2-9,13,22H,1,10-12,14-16H2. The van der Waals surface area contributed by atoms with E-state index in [1.54, 1.807) is 6.08 Å². The highest BCUT2D eigenvalue weighted by molar-refractivity contribution is 5.79. The summed E-state index contributed by atoms with van der Waals surface area (Å²) in [6, 6.07) is 15.8. The molecule has 1 N–H and O–H groups in total. The normalized spacial score (nSPS) is 14.2. The predicted molar refractivity (Wildman–Crippen MR) is 101 cm³/mol. The molecule has 0 aliphatic carbocycles. The summed E-state index contributed by atoms with van der Waals surface area (Å²) >= 11 is 0. The molecule has 0 spiro atoms. The fraction of sp³-hybridized carbons (Fsp3) is 0.286. The molecule has 0 unspecified atom stereocenters. The Balaban J connectivity index is 1.77. The second kappa shape index (κ2) is 9.06. The number of piperazine rings is 1. The summed E-state index contributed by atoms with van der Waals surface area (Å²) in [5.41, 5.74) is 2.04. The van der Waals surface area contributed by atoms with E-state index in [9.17, 15) is 4.79 Å². The maximum Gasteiger partial charge on any atom is 0.236 e. The first-order chi connectivity index (χ1) is 12.8. The Kier molecular flexibility index (Phi) is 6.28. The predicted octanol–water partition coefficient (Wildman–Crippen LogP) is 2.76. The molecule has 0 atom stereocenters. The van der Waals surface area contributed by atoms with Gasteiger partial charge in [-0.1, -0.05) is 43.0 Å². The van der Waals surface area contributed by atoms with E-state index < -0.39 is 0 Å². The second-order valence-electron chi connectivity index (χ2n) is 6.14. The van der Waals surface area contributed by atoms with Crippen LogP contribution in [0.25, 0.3) is 0 Å². The lowest BCUT2D eigenvalue weighted by molar-refractivity contribution is -0.132. The molecule has 5 nitrogen and oxygen atoms in total. The van der Waals surface area contributed by atoms with E-state index >= 15 is 0 Å². The number of carbonyl (C=O) groups is 1. The topological polar surface area (TPSA) is 50.8 Å². The van der Waals surface area contributed by atoms with Crippen LogP contribution in [-0.4, -0.2) is 37.0 Å². The largest absolute Gasteiger partial charge is 0.490 e. The molecule has 1 aliphatic heterocycles. The third kappa shape index (κ3) is 4.86. The van der Waals surface area contributed by atoms with Crippen molar-refractivity contribution in [2.24, 2.45) is 0 Å². The number of carbonyl (C=O) groups excluding carboxylic acids is 1. The van der Waals surface area contributed by atoms with Gasteiger partial charge in [0.2, 0.25) is 5.91 Å². The zero-order valence-corrected chi connectivity index (χ0v) is 14.8. The molecule has 2 aromatic rings. The zero-order chi connectivity index (χ0) is 18.2. The van der Waals surface area contributed by atoms with Gasteiger partial charge in [-0.2, -0.15) is 0 Å². The number of benzene rings is 2. The van der Waals surface area contributed by atoms with E-state index in [1.807, 2.05) is 53.4 Å². The Hall–Kier alpha value is -2.79. The van der Waals surface area contributed by atoms with Gasteiger partial charge in [0.25, 0.3) is 0 Å². The summed E-state index contributed by atoms with van der Waals surface area (Å²) in [6.07, 6.45) is 1.71. The molecule has 3 rings (SSSR count). The molecule has 1 saturated heterocycles. The van der Waals surface area contributed by atoms with Crippen LogP contribution in [0.3, 0.4) is 0 Å². The first-order valence-electron chi connectivity index (χ1n) is 8.78. The van der Waals surface area contributed by atoms with Crippen LogP contribution < -0.4 is 14.8 Å². The molecule has 5 heteroatoms. The van der Waals surface area contributed by atoms with Crippen molar-refractivity contribution in [2.45, 2.75) is 13.2 Å². The molecule has 0 saturated carbocycles. The fourth-order valence-electron chi connectivity index (χ4n) is 2.82. The fourth-order valence-corrected chi connectivity index (χ4v) is 2.82. The van der Waals surface area contributed by atoms with Crippen molar-refractivity contribution in [3.8, 4) is 11.5 Å². The van der Waals surface area contributed by atoms with Crippen molar-refractivity contribution < 1.29 is 14.3 Å². The summed E-state index contributed by atoms with van der Waals surface area (Å²) in [7, 11) is 0. The molecule has 1 aliphatic rings. The molecule has 0 radical (unpaired) electrons. The SMILES string of the molecule is C=CCOc1ccc(OCc2ccccc2)c(CN2CCNCC2=O)c1. The van der Waals surface area contributed by atoms with Gasteiger partial charge in [-0.25, -0.2) is 0 Å². The minimum atomic E-state index is 0.0997. The quantitative estimate of drug-likeness (QED) is 0.742. The van der Waals surface area contributed by atoms with E-state index in [0.29, 0.717) is 32.8 Å². The van der Waals surface area contributed by atoms with E-state index in [-0.39, 0.29) is 5.91 Å². The van der Waals surface area contributed by atoms with E-state index in [1.165, 1.54) is 0 Å². The second-order valence-corrected chi connectivity index (χ2v) is 6.14. The average molecular weight is 352 g/mol. The van der Waals surface area contributed by atoms with Gasteiger partial charge in [0.15, 0.2) is 0 Å². The first kappa shape index (κ1) is 18.0. The molecular weight excluding hydrogens is 328 g/mol. The number of amides is 1. The van der Waals surface area contributed by atoms with Crippen molar-refractivity contribution in [3.63, 3.8) is 0 Å². The highest BCUT2D eigenvalue weighted by Gasteiger charge is 2.19. The monoisotopic (exact) mass is 352 g/mol. The summed E-state index contributed by atoms with van der Waals surface area (Å²) in [5, 5.41) is 3.09. The number of nitrogens with one attached hydrogen (secondary N) is 1. The zero-order valence-electron chi connectivity index (χ0n) is 14.8. The molecule has 0 aromatic heterocycles. The Morgan fingerprint density at radius 3 is 2.77 bits per heavy atom. The van der Waals surface area contributed by atoms with Crippen LogP contribution in [0.5, 0.6) is 11.5 Å². The number of nitrogens with zero attached hydrogens (tertiary/aromatic N) is 1. The van der Waals surface area contributed by atoms with Gasteiger partial charge in [-0.15, -0.1) is 0 Å². The molecule has 1 amide bonds. The number of rotatable bonds is 8. The molecule has 1 heterocycles. The van der Waals surface area contributed by atoms with Crippen LogP contribution in [0.4, 0.5) is 0 Å². The first-order valence-corrected chi connectivity index (χ1v) is 8.78. The molecule has 2 aromatic carbocycles. The molecule has 136 valence electrons. The summed E-state index contributed by atoms with van der Waals surface area (Å²) in [4.78, 5) is 14.0. The smallest absolute Gasteiger partial charge is 0.236 e. The number of hydrogen-bond acceptors (Lipinski definition) is 4. The van der Waals surface area contributed by atoms with Gasteiger partial charge in [0, 0.05) is 25.2 Å². The average Bonchev–Trinajstić information content (AvgIpc) is 2.68. The van der Waals surface area contributed by atoms with Crippen molar-refractivity contribution in [1.82, 2.24) is 10.2 Å². The van der Waals surface area contributed by atoms with Gasteiger partial charge in [0.05, 0.1) is 6.54 Å². The van der Waals surface area contributed by atoms with E-state index in [4.69, 9.17) is 9.47 Å². The van der Waals surface area contributed by atoms with Crippen LogP contribution in [0.2, 0.25) is 0 Å². The van der Waals surface area contributed by atoms with Crippen molar-refractivity contribution in [2.75, 3.05) is 26.2 Å². The Morgan fingerprint density at radius 2 is 2.00 bits per heavy atom. The lowest BCUT2D eigenvalue weighted by atomic mass is 10.1. The Labute approximate surface area is 154 Å². The van der Waals surface area contributed by atoms with Gasteiger partial charge in [-0.3, -0.25) is 4.79 Å². The summed E-state index contributed by atoms with van der Waals surface area (Å²) in [5.74, 6) is 1.61. The van der Waals surface area contributed by atoms with Crippen LogP contribution >= 0.6 is 0 Å².